The van der Waals surface area contributed by atoms with E-state index in [-0.39, 0.29) is 18.1 Å². The number of esters is 1. The van der Waals surface area contributed by atoms with Gasteiger partial charge >= 0.3 is 12.1 Å². The van der Waals surface area contributed by atoms with Crippen LogP contribution < -0.4 is 5.32 Å². The minimum absolute atomic E-state index is 0.0271. The van der Waals surface area contributed by atoms with Crippen molar-refractivity contribution in [2.24, 2.45) is 0 Å². The summed E-state index contributed by atoms with van der Waals surface area (Å²) in [6.07, 6.45) is -0.528. The summed E-state index contributed by atoms with van der Waals surface area (Å²) in [6, 6.07) is -0.939. The topological polar surface area (TPSA) is 94.1 Å². The molecule has 0 unspecified atom stereocenters. The van der Waals surface area contributed by atoms with Crippen LogP contribution in [0.5, 0.6) is 0 Å². The largest absolute Gasteiger partial charge is 0.458 e. The number of aliphatic hydroxyl groups is 1. The molecule has 0 aliphatic rings. The molecule has 0 aliphatic heterocycles. The highest BCUT2D eigenvalue weighted by molar-refractivity contribution is 6.74. The van der Waals surface area contributed by atoms with Gasteiger partial charge in [0.15, 0.2) is 8.32 Å². The molecule has 0 aliphatic carbocycles. The smallest absolute Gasteiger partial charge is 0.408 e. The standard InChI is InChI=1S/C21H43NO6Si/c1-19(2,3)26-17(24)16(22-18(25)27-20(4,5)6)14-15(12-13-23)28-29(10,11)21(7,8)9/h15-16,23H,12-14H2,1-11H3,(H,22,25)/t15-,16+/m1/s1. The van der Waals surface area contributed by atoms with Crippen LogP contribution in [-0.4, -0.2) is 55.4 Å². The van der Waals surface area contributed by atoms with E-state index in [0.717, 1.165) is 0 Å². The monoisotopic (exact) mass is 433 g/mol. The minimum atomic E-state index is -2.14. The number of carbonyl (C=O) groups is 2. The number of rotatable bonds is 8. The zero-order valence-corrected chi connectivity index (χ0v) is 21.3. The van der Waals surface area contributed by atoms with Gasteiger partial charge in [-0.3, -0.25) is 0 Å². The number of hydrogen-bond acceptors (Lipinski definition) is 6. The van der Waals surface area contributed by atoms with Crippen LogP contribution >= 0.6 is 0 Å². The third-order valence-electron chi connectivity index (χ3n) is 4.60. The molecule has 0 radical (unpaired) electrons. The first-order valence-corrected chi connectivity index (χ1v) is 13.2. The Morgan fingerprint density at radius 1 is 0.931 bits per heavy atom. The predicted octanol–water partition coefficient (Wildman–Crippen LogP) is 4.38. The van der Waals surface area contributed by atoms with Gasteiger partial charge in [0.25, 0.3) is 0 Å². The van der Waals surface area contributed by atoms with Crippen LogP contribution in [0.2, 0.25) is 18.1 Å². The summed E-state index contributed by atoms with van der Waals surface area (Å²) in [5, 5.41) is 12.1. The Kier molecular flexibility index (Phi) is 9.87. The Bertz CT molecular complexity index is 543. The summed E-state index contributed by atoms with van der Waals surface area (Å²) in [6.45, 7) is 21.1. The Morgan fingerprint density at radius 3 is 1.79 bits per heavy atom. The lowest BCUT2D eigenvalue weighted by Crippen LogP contribution is -2.50. The van der Waals surface area contributed by atoms with Crippen LogP contribution in [0.1, 0.15) is 75.2 Å². The number of ether oxygens (including phenoxy) is 2. The van der Waals surface area contributed by atoms with Gasteiger partial charge in [-0.2, -0.15) is 0 Å². The number of nitrogens with one attached hydrogen (secondary N) is 1. The number of alkyl carbamates (subject to hydrolysis) is 1. The molecule has 29 heavy (non-hydrogen) atoms. The lowest BCUT2D eigenvalue weighted by Gasteiger charge is -2.40. The number of hydrogen-bond donors (Lipinski definition) is 2. The molecule has 0 aromatic rings. The highest BCUT2D eigenvalue weighted by Crippen LogP contribution is 2.38. The first kappa shape index (κ1) is 27.9. The van der Waals surface area contributed by atoms with Gasteiger partial charge in [0.1, 0.15) is 17.2 Å². The van der Waals surface area contributed by atoms with Crippen molar-refractivity contribution in [1.82, 2.24) is 5.32 Å². The van der Waals surface area contributed by atoms with E-state index in [0.29, 0.717) is 6.42 Å². The molecule has 2 N–H and O–H groups in total. The Balaban J connectivity index is 5.54. The third kappa shape index (κ3) is 11.6. The van der Waals surface area contributed by atoms with Crippen LogP contribution in [0.3, 0.4) is 0 Å². The summed E-state index contributed by atoms with van der Waals surface area (Å²) in [4.78, 5) is 25.1. The average Bonchev–Trinajstić information content (AvgIpc) is 2.41. The van der Waals surface area contributed by atoms with Gasteiger partial charge in [0.05, 0.1) is 0 Å². The minimum Gasteiger partial charge on any atom is -0.458 e. The Labute approximate surface area is 178 Å². The molecule has 0 saturated heterocycles. The fourth-order valence-electron chi connectivity index (χ4n) is 2.26. The highest BCUT2D eigenvalue weighted by atomic mass is 28.4. The summed E-state index contributed by atoms with van der Waals surface area (Å²) < 4.78 is 17.2. The molecule has 0 heterocycles. The van der Waals surface area contributed by atoms with Gasteiger partial charge in [-0.1, -0.05) is 20.8 Å². The molecule has 172 valence electrons. The number of carbonyl (C=O) groups excluding carboxylic acids is 2. The van der Waals surface area contributed by atoms with E-state index in [1.807, 2.05) is 0 Å². The van der Waals surface area contributed by atoms with Gasteiger partial charge in [0.2, 0.25) is 0 Å². The second-order valence-corrected chi connectivity index (χ2v) is 15.7. The maximum absolute atomic E-state index is 12.8. The van der Waals surface area contributed by atoms with Crippen LogP contribution in [0.25, 0.3) is 0 Å². The molecule has 0 aromatic carbocycles. The molecular weight excluding hydrogens is 390 g/mol. The van der Waals surface area contributed by atoms with Gasteiger partial charge in [0, 0.05) is 19.1 Å². The lowest BCUT2D eigenvalue weighted by atomic mass is 10.1. The van der Waals surface area contributed by atoms with Crippen LogP contribution in [0, 0.1) is 0 Å². The molecule has 0 spiro atoms. The lowest BCUT2D eigenvalue weighted by molar-refractivity contribution is -0.158. The molecule has 0 aromatic heterocycles. The average molecular weight is 434 g/mol. The summed E-state index contributed by atoms with van der Waals surface area (Å²) >= 11 is 0. The van der Waals surface area contributed by atoms with Crippen molar-refractivity contribution < 1.29 is 28.6 Å². The summed E-state index contributed by atoms with van der Waals surface area (Å²) in [7, 11) is -2.14. The molecule has 7 nitrogen and oxygen atoms in total. The molecule has 0 rings (SSSR count). The van der Waals surface area contributed by atoms with E-state index in [1.165, 1.54) is 0 Å². The molecule has 0 bridgehead atoms. The van der Waals surface area contributed by atoms with Crippen molar-refractivity contribution in [3.8, 4) is 0 Å². The van der Waals surface area contributed by atoms with Crippen molar-refractivity contribution in [1.29, 1.82) is 0 Å². The van der Waals surface area contributed by atoms with Crippen molar-refractivity contribution in [2.75, 3.05) is 6.61 Å². The molecular formula is C21H43NO6Si. The number of aliphatic hydroxyl groups excluding tert-OH is 1. The normalized spacial score (nSPS) is 15.4. The first-order valence-electron chi connectivity index (χ1n) is 10.3. The second-order valence-electron chi connectivity index (χ2n) is 11.0. The zero-order valence-electron chi connectivity index (χ0n) is 20.3. The van der Waals surface area contributed by atoms with E-state index < -0.39 is 43.7 Å². The molecule has 0 saturated carbocycles. The van der Waals surface area contributed by atoms with Gasteiger partial charge in [-0.25, -0.2) is 9.59 Å². The van der Waals surface area contributed by atoms with E-state index >= 15 is 0 Å². The van der Waals surface area contributed by atoms with E-state index in [2.05, 4.69) is 39.2 Å². The van der Waals surface area contributed by atoms with E-state index in [4.69, 9.17) is 13.9 Å². The Morgan fingerprint density at radius 2 is 1.41 bits per heavy atom. The summed E-state index contributed by atoms with van der Waals surface area (Å²) in [5.41, 5.74) is -1.39. The van der Waals surface area contributed by atoms with Crippen molar-refractivity contribution in [2.45, 2.75) is 117 Å². The SMILES string of the molecule is CC(C)(C)OC(=O)N[C@@H](C[C@@H](CCO)O[Si](C)(C)C(C)(C)C)C(=O)OC(C)(C)C. The second kappa shape index (κ2) is 10.3. The quantitative estimate of drug-likeness (QED) is 0.436. The maximum atomic E-state index is 12.8. The maximum Gasteiger partial charge on any atom is 0.408 e. The predicted molar refractivity (Wildman–Crippen MR) is 117 cm³/mol. The molecule has 8 heteroatoms. The summed E-state index contributed by atoms with van der Waals surface area (Å²) in [5.74, 6) is -0.551. The van der Waals surface area contributed by atoms with Crippen molar-refractivity contribution >= 4 is 20.4 Å². The first-order chi connectivity index (χ1) is 12.8. The van der Waals surface area contributed by atoms with E-state index in [9.17, 15) is 14.7 Å². The molecule has 2 atom stereocenters. The molecule has 0 fully saturated rings. The highest BCUT2D eigenvalue weighted by Gasteiger charge is 2.40. The fraction of sp³-hybridized carbons (Fsp3) is 0.905. The van der Waals surface area contributed by atoms with Crippen LogP contribution in [0.15, 0.2) is 0 Å². The van der Waals surface area contributed by atoms with Crippen LogP contribution in [0.4, 0.5) is 4.79 Å². The fourth-order valence-corrected chi connectivity index (χ4v) is 3.66. The Hall–Kier alpha value is -1.12. The van der Waals surface area contributed by atoms with Crippen molar-refractivity contribution in [3.05, 3.63) is 0 Å². The number of amides is 1. The van der Waals surface area contributed by atoms with Crippen LogP contribution in [-0.2, 0) is 18.7 Å². The van der Waals surface area contributed by atoms with Gasteiger partial charge < -0.3 is 24.3 Å². The third-order valence-corrected chi connectivity index (χ3v) is 9.13. The molecule has 1 amide bonds. The van der Waals surface area contributed by atoms with Crippen molar-refractivity contribution in [3.63, 3.8) is 0 Å². The van der Waals surface area contributed by atoms with Gasteiger partial charge in [-0.05, 0) is 66.1 Å². The van der Waals surface area contributed by atoms with Gasteiger partial charge in [-0.15, -0.1) is 0 Å². The van der Waals surface area contributed by atoms with E-state index in [1.54, 1.807) is 41.5 Å². The zero-order chi connectivity index (χ0) is 23.3.